The summed E-state index contributed by atoms with van der Waals surface area (Å²) < 4.78 is 1.87. The second-order valence-corrected chi connectivity index (χ2v) is 7.46. The van der Waals surface area contributed by atoms with E-state index in [0.29, 0.717) is 5.56 Å². The Hall–Kier alpha value is -1.90. The van der Waals surface area contributed by atoms with Crippen molar-refractivity contribution in [2.45, 2.75) is 52.5 Å². The Labute approximate surface area is 127 Å². The van der Waals surface area contributed by atoms with E-state index in [0.717, 1.165) is 17.5 Å². The summed E-state index contributed by atoms with van der Waals surface area (Å²) >= 11 is 0. The lowest BCUT2D eigenvalue weighted by atomic mass is 9.82. The van der Waals surface area contributed by atoms with Gasteiger partial charge in [0.15, 0.2) is 6.29 Å². The molecule has 0 aliphatic heterocycles. The third kappa shape index (κ3) is 3.07. The molecule has 0 amide bonds. The van der Waals surface area contributed by atoms with Gasteiger partial charge in [0.2, 0.25) is 0 Å². The Morgan fingerprint density at radius 2 is 1.67 bits per heavy atom. The van der Waals surface area contributed by atoms with Gasteiger partial charge in [-0.25, -0.2) is 0 Å². The molecule has 2 rings (SSSR count). The van der Waals surface area contributed by atoms with Crippen molar-refractivity contribution in [3.8, 4) is 11.3 Å². The van der Waals surface area contributed by atoms with Gasteiger partial charge in [-0.1, -0.05) is 45.0 Å². The number of carbonyl (C=O) groups is 1. The van der Waals surface area contributed by atoms with Crippen molar-refractivity contribution in [3.05, 3.63) is 41.6 Å². The predicted molar refractivity (Wildman–Crippen MR) is 86.7 cm³/mol. The number of nitrogens with zero attached hydrogens (tertiary/aromatic N) is 2. The van der Waals surface area contributed by atoms with Crippen molar-refractivity contribution in [1.29, 1.82) is 0 Å². The normalized spacial score (nSPS) is 12.5. The third-order valence-corrected chi connectivity index (χ3v) is 3.55. The molecule has 0 spiro atoms. The minimum Gasteiger partial charge on any atom is -0.298 e. The third-order valence-electron chi connectivity index (χ3n) is 3.55. The molecule has 0 aliphatic carbocycles. The molecule has 1 aromatic carbocycles. The van der Waals surface area contributed by atoms with E-state index in [1.54, 1.807) is 0 Å². The molecule has 1 aromatic heterocycles. The summed E-state index contributed by atoms with van der Waals surface area (Å²) in [6.07, 6.45) is 2.73. The van der Waals surface area contributed by atoms with Crippen LogP contribution in [-0.4, -0.2) is 16.1 Å². The molecule has 0 N–H and O–H groups in total. The molecule has 2 aromatic rings. The zero-order chi connectivity index (χ0) is 15.8. The quantitative estimate of drug-likeness (QED) is 0.765. The van der Waals surface area contributed by atoms with Crippen molar-refractivity contribution >= 4 is 6.29 Å². The van der Waals surface area contributed by atoms with Crippen molar-refractivity contribution in [2.75, 3.05) is 0 Å². The second-order valence-electron chi connectivity index (χ2n) is 7.46. The van der Waals surface area contributed by atoms with Crippen LogP contribution in [0.25, 0.3) is 11.3 Å². The van der Waals surface area contributed by atoms with Crippen LogP contribution in [0.1, 0.15) is 57.5 Å². The first-order chi connectivity index (χ1) is 9.64. The van der Waals surface area contributed by atoms with Gasteiger partial charge < -0.3 is 0 Å². The average molecular weight is 284 g/mol. The molecular weight excluding hydrogens is 260 g/mol. The lowest BCUT2D eigenvalue weighted by molar-refractivity contribution is 0.112. The first-order valence-electron chi connectivity index (χ1n) is 7.30. The zero-order valence-electron chi connectivity index (χ0n) is 13.8. The predicted octanol–water partition coefficient (Wildman–Crippen LogP) is 4.42. The molecule has 3 nitrogen and oxygen atoms in total. The number of carbonyl (C=O) groups excluding carboxylic acids is 1. The van der Waals surface area contributed by atoms with Crippen LogP contribution >= 0.6 is 0 Å². The van der Waals surface area contributed by atoms with Gasteiger partial charge in [-0.2, -0.15) is 5.10 Å². The van der Waals surface area contributed by atoms with Crippen LogP contribution in [0.5, 0.6) is 0 Å². The number of hydrogen-bond acceptors (Lipinski definition) is 2. The van der Waals surface area contributed by atoms with E-state index < -0.39 is 0 Å². The summed E-state index contributed by atoms with van der Waals surface area (Å²) in [6.45, 7) is 12.8. The molecule has 0 saturated carbocycles. The number of hydrogen-bond donors (Lipinski definition) is 0. The molecule has 3 heteroatoms. The Bertz CT molecular complexity index is 655. The summed E-state index contributed by atoms with van der Waals surface area (Å²) in [6, 6.07) is 8.18. The van der Waals surface area contributed by atoms with E-state index in [-0.39, 0.29) is 11.0 Å². The van der Waals surface area contributed by atoms with E-state index in [2.05, 4.69) is 52.7 Å². The minimum atomic E-state index is -0.146. The average Bonchev–Trinajstić information content (AvgIpc) is 2.81. The molecule has 1 heterocycles. The molecule has 0 bridgehead atoms. The van der Waals surface area contributed by atoms with Crippen molar-refractivity contribution < 1.29 is 4.79 Å². The van der Waals surface area contributed by atoms with Gasteiger partial charge in [-0.3, -0.25) is 9.48 Å². The van der Waals surface area contributed by atoms with Crippen LogP contribution in [0.4, 0.5) is 0 Å². The van der Waals surface area contributed by atoms with Crippen LogP contribution in [0.2, 0.25) is 0 Å². The van der Waals surface area contributed by atoms with Crippen LogP contribution in [-0.2, 0) is 11.0 Å². The van der Waals surface area contributed by atoms with Crippen molar-refractivity contribution in [1.82, 2.24) is 9.78 Å². The van der Waals surface area contributed by atoms with E-state index in [1.165, 1.54) is 5.56 Å². The van der Waals surface area contributed by atoms with Crippen molar-refractivity contribution in [2.24, 2.45) is 0 Å². The highest BCUT2D eigenvalue weighted by Gasteiger charge is 2.23. The summed E-state index contributed by atoms with van der Waals surface area (Å²) in [4.78, 5) is 11.4. The van der Waals surface area contributed by atoms with E-state index in [4.69, 9.17) is 0 Å². The van der Waals surface area contributed by atoms with Crippen LogP contribution < -0.4 is 0 Å². The summed E-state index contributed by atoms with van der Waals surface area (Å²) in [7, 11) is 0. The Kier molecular flexibility index (Phi) is 3.79. The molecule has 0 atom stereocenters. The molecule has 0 radical (unpaired) electrons. The number of aromatic nitrogens is 2. The van der Waals surface area contributed by atoms with Crippen LogP contribution in [0, 0.1) is 0 Å². The standard InChI is InChI=1S/C18H24N2O/c1-17(2,3)15-10-8-7-9-14(15)16-13(12-21)11-20(19-16)18(4,5)6/h7-12H,1-6H3. The Balaban J connectivity index is 2.68. The molecule has 0 fully saturated rings. The first kappa shape index (κ1) is 15.5. The second kappa shape index (κ2) is 5.14. The minimum absolute atomic E-state index is 0.00224. The van der Waals surface area contributed by atoms with Crippen LogP contribution in [0.3, 0.4) is 0 Å². The Morgan fingerprint density at radius 3 is 2.19 bits per heavy atom. The monoisotopic (exact) mass is 284 g/mol. The van der Waals surface area contributed by atoms with Gasteiger partial charge in [0.05, 0.1) is 11.1 Å². The Morgan fingerprint density at radius 1 is 1.05 bits per heavy atom. The highest BCUT2D eigenvalue weighted by Crippen LogP contribution is 2.34. The largest absolute Gasteiger partial charge is 0.298 e. The number of rotatable bonds is 2. The summed E-state index contributed by atoms with van der Waals surface area (Å²) in [5, 5.41) is 4.68. The van der Waals surface area contributed by atoms with Crippen LogP contribution in [0.15, 0.2) is 30.5 Å². The van der Waals surface area contributed by atoms with Gasteiger partial charge in [0.25, 0.3) is 0 Å². The smallest absolute Gasteiger partial charge is 0.153 e. The molecule has 21 heavy (non-hydrogen) atoms. The lowest BCUT2D eigenvalue weighted by Crippen LogP contribution is -2.22. The summed E-state index contributed by atoms with van der Waals surface area (Å²) in [5.41, 5.74) is 3.50. The SMILES string of the molecule is CC(C)(C)c1ccccc1-c1nn(C(C)(C)C)cc1C=O. The molecular formula is C18H24N2O. The highest BCUT2D eigenvalue weighted by atomic mass is 16.1. The number of aldehydes is 1. The lowest BCUT2D eigenvalue weighted by Gasteiger charge is -2.22. The van der Waals surface area contributed by atoms with E-state index in [1.807, 2.05) is 29.1 Å². The molecule has 0 aliphatic rings. The fraction of sp³-hybridized carbons (Fsp3) is 0.444. The van der Waals surface area contributed by atoms with Gasteiger partial charge in [-0.05, 0) is 31.7 Å². The van der Waals surface area contributed by atoms with Gasteiger partial charge in [-0.15, -0.1) is 0 Å². The number of benzene rings is 1. The molecule has 112 valence electrons. The fourth-order valence-corrected chi connectivity index (χ4v) is 2.37. The molecule has 0 unspecified atom stereocenters. The maximum absolute atomic E-state index is 11.4. The van der Waals surface area contributed by atoms with Gasteiger partial charge in [0.1, 0.15) is 5.69 Å². The van der Waals surface area contributed by atoms with E-state index in [9.17, 15) is 4.79 Å². The topological polar surface area (TPSA) is 34.9 Å². The maximum atomic E-state index is 11.4. The maximum Gasteiger partial charge on any atom is 0.153 e. The van der Waals surface area contributed by atoms with Crippen molar-refractivity contribution in [3.63, 3.8) is 0 Å². The van der Waals surface area contributed by atoms with Gasteiger partial charge in [0, 0.05) is 11.8 Å². The zero-order valence-corrected chi connectivity index (χ0v) is 13.8. The first-order valence-corrected chi connectivity index (χ1v) is 7.30. The van der Waals surface area contributed by atoms with E-state index >= 15 is 0 Å². The molecule has 0 saturated heterocycles. The summed E-state index contributed by atoms with van der Waals surface area (Å²) in [5.74, 6) is 0. The highest BCUT2D eigenvalue weighted by molar-refractivity contribution is 5.86. The fourth-order valence-electron chi connectivity index (χ4n) is 2.37. The van der Waals surface area contributed by atoms with Gasteiger partial charge >= 0.3 is 0 Å².